The monoisotopic (exact) mass is 316 g/mol. The van der Waals surface area contributed by atoms with Gasteiger partial charge in [0, 0.05) is 24.9 Å². The lowest BCUT2D eigenvalue weighted by Crippen LogP contribution is -2.40. The maximum absolute atomic E-state index is 12.1. The highest BCUT2D eigenvalue weighted by molar-refractivity contribution is 5.75. The molecule has 0 spiro atoms. The fraction of sp³-hybridized carbons (Fsp3) is 0.611. The number of urea groups is 1. The fourth-order valence-corrected chi connectivity index (χ4v) is 4.07. The third-order valence-corrected chi connectivity index (χ3v) is 5.39. The molecule has 1 heterocycles. The van der Waals surface area contributed by atoms with Crippen LogP contribution in [0.2, 0.25) is 0 Å². The minimum Gasteiger partial charge on any atom is -0.348 e. The predicted molar refractivity (Wildman–Crippen MR) is 86.2 cm³/mol. The number of fused-ring (bicyclic) bond motifs is 3. The molecule has 2 aliphatic carbocycles. The second-order valence-corrected chi connectivity index (χ2v) is 6.93. The van der Waals surface area contributed by atoms with Gasteiger partial charge in [0.15, 0.2) is 5.79 Å². The van der Waals surface area contributed by atoms with E-state index >= 15 is 0 Å². The standard InChI is InChI=1S/C18H24N2O3/c1-18(22-10-11-23-18)8-9-19-17(21)20-16-14-7-6-12-4-2-3-5-13(12)15(14)16/h2-5,14-16H,6-11H2,1H3,(H2,19,20,21)/t14-,15-,16+/m0/s1. The highest BCUT2D eigenvalue weighted by Gasteiger charge is 2.53. The number of benzene rings is 1. The molecule has 1 aromatic carbocycles. The largest absolute Gasteiger partial charge is 0.348 e. The van der Waals surface area contributed by atoms with Crippen molar-refractivity contribution in [3.8, 4) is 0 Å². The van der Waals surface area contributed by atoms with Crippen LogP contribution < -0.4 is 10.6 Å². The summed E-state index contributed by atoms with van der Waals surface area (Å²) < 4.78 is 11.1. The van der Waals surface area contributed by atoms with Crippen molar-refractivity contribution in [3.05, 3.63) is 35.4 Å². The summed E-state index contributed by atoms with van der Waals surface area (Å²) in [7, 11) is 0. The van der Waals surface area contributed by atoms with Crippen LogP contribution >= 0.6 is 0 Å². The molecule has 0 radical (unpaired) electrons. The number of hydrogen-bond acceptors (Lipinski definition) is 3. The van der Waals surface area contributed by atoms with Gasteiger partial charge in [-0.3, -0.25) is 0 Å². The van der Waals surface area contributed by atoms with E-state index in [1.165, 1.54) is 17.5 Å². The van der Waals surface area contributed by atoms with Crippen LogP contribution in [-0.4, -0.2) is 37.6 Å². The zero-order valence-electron chi connectivity index (χ0n) is 13.5. The average molecular weight is 316 g/mol. The van der Waals surface area contributed by atoms with Gasteiger partial charge in [-0.2, -0.15) is 0 Å². The van der Waals surface area contributed by atoms with E-state index in [2.05, 4.69) is 34.9 Å². The Kier molecular flexibility index (Phi) is 3.77. The maximum atomic E-state index is 12.1. The number of carbonyl (C=O) groups is 1. The molecular weight excluding hydrogens is 292 g/mol. The number of ether oxygens (including phenoxy) is 2. The smallest absolute Gasteiger partial charge is 0.315 e. The van der Waals surface area contributed by atoms with Crippen LogP contribution in [0.15, 0.2) is 24.3 Å². The molecule has 1 aromatic rings. The summed E-state index contributed by atoms with van der Waals surface area (Å²) in [5, 5.41) is 6.07. The van der Waals surface area contributed by atoms with Crippen molar-refractivity contribution in [2.75, 3.05) is 19.8 Å². The first-order valence-corrected chi connectivity index (χ1v) is 8.56. The van der Waals surface area contributed by atoms with Crippen molar-refractivity contribution >= 4 is 6.03 Å². The van der Waals surface area contributed by atoms with Crippen LogP contribution in [0.25, 0.3) is 0 Å². The van der Waals surface area contributed by atoms with Gasteiger partial charge in [0.05, 0.1) is 13.2 Å². The number of carbonyl (C=O) groups excluding carboxylic acids is 1. The Morgan fingerprint density at radius 3 is 2.91 bits per heavy atom. The van der Waals surface area contributed by atoms with Crippen molar-refractivity contribution in [1.82, 2.24) is 10.6 Å². The van der Waals surface area contributed by atoms with Gasteiger partial charge in [0.2, 0.25) is 0 Å². The van der Waals surface area contributed by atoms with Crippen molar-refractivity contribution in [3.63, 3.8) is 0 Å². The Bertz CT molecular complexity index is 598. The lowest BCUT2D eigenvalue weighted by Gasteiger charge is -2.22. The molecule has 4 rings (SSSR count). The van der Waals surface area contributed by atoms with Crippen molar-refractivity contribution in [2.45, 2.75) is 43.9 Å². The Morgan fingerprint density at radius 1 is 1.30 bits per heavy atom. The summed E-state index contributed by atoms with van der Waals surface area (Å²) in [6, 6.07) is 8.82. The zero-order valence-corrected chi connectivity index (χ0v) is 13.5. The van der Waals surface area contributed by atoms with Gasteiger partial charge in [-0.1, -0.05) is 24.3 Å². The van der Waals surface area contributed by atoms with Gasteiger partial charge in [0.1, 0.15) is 0 Å². The van der Waals surface area contributed by atoms with E-state index in [1.807, 2.05) is 6.92 Å². The first-order chi connectivity index (χ1) is 11.2. The van der Waals surface area contributed by atoms with Gasteiger partial charge in [-0.05, 0) is 36.8 Å². The van der Waals surface area contributed by atoms with Crippen LogP contribution in [0.5, 0.6) is 0 Å². The molecule has 0 aromatic heterocycles. The molecule has 5 heteroatoms. The van der Waals surface area contributed by atoms with E-state index in [-0.39, 0.29) is 12.1 Å². The molecular formula is C18H24N2O3. The molecule has 2 N–H and O–H groups in total. The molecule has 2 amide bonds. The molecule has 0 bridgehead atoms. The summed E-state index contributed by atoms with van der Waals surface area (Å²) in [6.07, 6.45) is 2.97. The minimum atomic E-state index is -0.542. The summed E-state index contributed by atoms with van der Waals surface area (Å²) in [5.74, 6) is 0.569. The third kappa shape index (κ3) is 2.95. The Hall–Kier alpha value is -1.59. The van der Waals surface area contributed by atoms with Crippen molar-refractivity contribution < 1.29 is 14.3 Å². The number of rotatable bonds is 4. The Morgan fingerprint density at radius 2 is 2.09 bits per heavy atom. The van der Waals surface area contributed by atoms with Gasteiger partial charge < -0.3 is 20.1 Å². The Labute approximate surface area is 136 Å². The molecule has 1 saturated heterocycles. The molecule has 1 aliphatic heterocycles. The third-order valence-electron chi connectivity index (χ3n) is 5.39. The number of nitrogens with one attached hydrogen (secondary N) is 2. The van der Waals surface area contributed by atoms with Crippen LogP contribution in [-0.2, 0) is 15.9 Å². The normalized spacial score (nSPS) is 30.2. The second kappa shape index (κ2) is 5.80. The molecule has 3 atom stereocenters. The molecule has 2 fully saturated rings. The van der Waals surface area contributed by atoms with Crippen molar-refractivity contribution in [2.24, 2.45) is 5.92 Å². The molecule has 0 unspecified atom stereocenters. The highest BCUT2D eigenvalue weighted by Crippen LogP contribution is 2.54. The lowest BCUT2D eigenvalue weighted by molar-refractivity contribution is -0.145. The molecule has 1 saturated carbocycles. The fourth-order valence-electron chi connectivity index (χ4n) is 4.07. The number of aryl methyl sites for hydroxylation is 1. The van der Waals surface area contributed by atoms with E-state index in [9.17, 15) is 4.79 Å². The van der Waals surface area contributed by atoms with Gasteiger partial charge in [-0.25, -0.2) is 4.79 Å². The van der Waals surface area contributed by atoms with Gasteiger partial charge in [-0.15, -0.1) is 0 Å². The van der Waals surface area contributed by atoms with Gasteiger partial charge in [0.25, 0.3) is 0 Å². The Balaban J connectivity index is 1.26. The van der Waals surface area contributed by atoms with Gasteiger partial charge >= 0.3 is 6.03 Å². The van der Waals surface area contributed by atoms with Crippen LogP contribution in [0.4, 0.5) is 4.79 Å². The topological polar surface area (TPSA) is 59.6 Å². The van der Waals surface area contributed by atoms with E-state index < -0.39 is 5.79 Å². The predicted octanol–water partition coefficient (Wildman–Crippen LogP) is 2.17. The van der Waals surface area contributed by atoms with Crippen LogP contribution in [0.1, 0.15) is 36.8 Å². The minimum absolute atomic E-state index is 0.0801. The van der Waals surface area contributed by atoms with E-state index in [1.54, 1.807) is 0 Å². The molecule has 3 aliphatic rings. The van der Waals surface area contributed by atoms with Crippen LogP contribution in [0, 0.1) is 5.92 Å². The first kappa shape index (κ1) is 15.0. The number of amides is 2. The SMILES string of the molecule is CC1(CCNC(=O)N[C@@H]2[C@H]3CCc4ccccc4[C@@H]32)OCCO1. The summed E-state index contributed by atoms with van der Waals surface area (Å²) in [4.78, 5) is 12.1. The second-order valence-electron chi connectivity index (χ2n) is 6.93. The summed E-state index contributed by atoms with van der Waals surface area (Å²) in [6.45, 7) is 3.74. The first-order valence-electron chi connectivity index (χ1n) is 8.56. The van der Waals surface area contributed by atoms with Crippen molar-refractivity contribution in [1.29, 1.82) is 0 Å². The zero-order chi connectivity index (χ0) is 15.9. The summed E-state index contributed by atoms with van der Waals surface area (Å²) in [5.41, 5.74) is 2.87. The highest BCUT2D eigenvalue weighted by atomic mass is 16.7. The summed E-state index contributed by atoms with van der Waals surface area (Å²) >= 11 is 0. The lowest BCUT2D eigenvalue weighted by atomic mass is 9.92. The quantitative estimate of drug-likeness (QED) is 0.895. The number of hydrogen-bond donors (Lipinski definition) is 2. The molecule has 23 heavy (non-hydrogen) atoms. The maximum Gasteiger partial charge on any atom is 0.315 e. The van der Waals surface area contributed by atoms with E-state index in [0.717, 1.165) is 6.42 Å². The average Bonchev–Trinajstić information content (AvgIpc) is 3.07. The van der Waals surface area contributed by atoms with Crippen LogP contribution in [0.3, 0.4) is 0 Å². The van der Waals surface area contributed by atoms with E-state index in [4.69, 9.17) is 9.47 Å². The molecule has 5 nitrogen and oxygen atoms in total. The molecule has 124 valence electrons. The van der Waals surface area contributed by atoms with E-state index in [0.29, 0.717) is 38.0 Å².